The maximum atomic E-state index is 5.34. The first kappa shape index (κ1) is 12.3. The predicted octanol–water partition coefficient (Wildman–Crippen LogP) is 3.91. The zero-order valence-electron chi connectivity index (χ0n) is 9.19. The molecule has 0 aliphatic carbocycles. The molecule has 0 atom stereocenters. The lowest BCUT2D eigenvalue weighted by Gasteiger charge is -2.08. The predicted molar refractivity (Wildman–Crippen MR) is 79.1 cm³/mol. The first-order valence-electron chi connectivity index (χ1n) is 5.33. The molecule has 0 spiro atoms. The quantitative estimate of drug-likeness (QED) is 0.863. The van der Waals surface area contributed by atoms with E-state index in [2.05, 4.69) is 33.4 Å². The van der Waals surface area contributed by atoms with Gasteiger partial charge in [-0.1, -0.05) is 70.6 Å². The Morgan fingerprint density at radius 3 is 2.29 bits per heavy atom. The van der Waals surface area contributed by atoms with Gasteiger partial charge in [-0.15, -0.1) is 0 Å². The molecule has 3 heteroatoms. The van der Waals surface area contributed by atoms with Crippen LogP contribution in [-0.2, 0) is 6.54 Å². The van der Waals surface area contributed by atoms with Crippen LogP contribution in [0, 0.1) is 0 Å². The van der Waals surface area contributed by atoms with Crippen molar-refractivity contribution in [2.75, 3.05) is 0 Å². The minimum absolute atomic E-state index is 0.760. The lowest BCUT2D eigenvalue weighted by atomic mass is 10.2. The van der Waals surface area contributed by atoms with Crippen LogP contribution in [0.25, 0.3) is 0 Å². The van der Waals surface area contributed by atoms with E-state index in [1.807, 2.05) is 42.5 Å². The molecule has 0 aliphatic rings. The summed E-state index contributed by atoms with van der Waals surface area (Å²) in [6.07, 6.45) is 0. The highest BCUT2D eigenvalue weighted by Crippen LogP contribution is 2.11. The molecule has 0 aliphatic heterocycles. The molecule has 0 heterocycles. The van der Waals surface area contributed by atoms with Crippen molar-refractivity contribution < 1.29 is 0 Å². The zero-order chi connectivity index (χ0) is 12.1. The summed E-state index contributed by atoms with van der Waals surface area (Å²) in [4.78, 5) is 0.779. The zero-order valence-corrected chi connectivity index (χ0v) is 11.6. The molecule has 0 fully saturated rings. The van der Waals surface area contributed by atoms with E-state index < -0.39 is 0 Å². The van der Waals surface area contributed by atoms with Crippen LogP contribution in [0.2, 0.25) is 0 Å². The summed E-state index contributed by atoms with van der Waals surface area (Å²) in [5, 5.41) is 3.25. The Balaban J connectivity index is 1.96. The van der Waals surface area contributed by atoms with E-state index in [1.165, 1.54) is 5.56 Å². The van der Waals surface area contributed by atoms with E-state index in [4.69, 9.17) is 12.2 Å². The van der Waals surface area contributed by atoms with Crippen molar-refractivity contribution in [2.24, 2.45) is 0 Å². The van der Waals surface area contributed by atoms with Crippen molar-refractivity contribution in [3.05, 3.63) is 70.2 Å². The summed E-state index contributed by atoms with van der Waals surface area (Å²) in [5.74, 6) is 0. The fourth-order valence-corrected chi connectivity index (χ4v) is 1.95. The Hall–Kier alpha value is -1.19. The number of hydrogen-bond donors (Lipinski definition) is 1. The molecule has 2 aromatic rings. The Kier molecular flexibility index (Phi) is 4.29. The van der Waals surface area contributed by atoms with Crippen LogP contribution in [0.5, 0.6) is 0 Å². The molecular formula is C14H12BrNS. The van der Waals surface area contributed by atoms with E-state index in [0.717, 1.165) is 21.6 Å². The monoisotopic (exact) mass is 305 g/mol. The SMILES string of the molecule is S=C(NCc1ccccc1)c1ccc(Br)cc1. The average Bonchev–Trinajstić information content (AvgIpc) is 2.38. The molecule has 1 nitrogen and oxygen atoms in total. The van der Waals surface area contributed by atoms with Crippen LogP contribution in [0.3, 0.4) is 0 Å². The fourth-order valence-electron chi connectivity index (χ4n) is 1.48. The van der Waals surface area contributed by atoms with Gasteiger partial charge in [0.15, 0.2) is 0 Å². The van der Waals surface area contributed by atoms with Crippen molar-refractivity contribution in [1.82, 2.24) is 5.32 Å². The lowest BCUT2D eigenvalue weighted by Crippen LogP contribution is -2.21. The smallest absolute Gasteiger partial charge is 0.106 e. The second-order valence-corrected chi connectivity index (χ2v) is 5.00. The molecule has 1 N–H and O–H groups in total. The summed E-state index contributed by atoms with van der Waals surface area (Å²) < 4.78 is 1.06. The van der Waals surface area contributed by atoms with Gasteiger partial charge in [-0.25, -0.2) is 0 Å². The van der Waals surface area contributed by atoms with Gasteiger partial charge >= 0.3 is 0 Å². The van der Waals surface area contributed by atoms with E-state index in [9.17, 15) is 0 Å². The fraction of sp³-hybridized carbons (Fsp3) is 0.0714. The molecular weight excluding hydrogens is 294 g/mol. The molecule has 0 bridgehead atoms. The first-order valence-corrected chi connectivity index (χ1v) is 6.53. The number of hydrogen-bond acceptors (Lipinski definition) is 1. The van der Waals surface area contributed by atoms with Crippen LogP contribution < -0.4 is 5.32 Å². The Bertz CT molecular complexity index is 493. The van der Waals surface area contributed by atoms with Crippen molar-refractivity contribution in [3.63, 3.8) is 0 Å². The van der Waals surface area contributed by atoms with Crippen molar-refractivity contribution in [1.29, 1.82) is 0 Å². The van der Waals surface area contributed by atoms with Gasteiger partial charge in [0.2, 0.25) is 0 Å². The highest BCUT2D eigenvalue weighted by atomic mass is 79.9. The second kappa shape index (κ2) is 5.94. The standard InChI is InChI=1S/C14H12BrNS/c15-13-8-6-12(7-9-13)14(17)16-10-11-4-2-1-3-5-11/h1-9H,10H2,(H,16,17). The number of halogens is 1. The second-order valence-electron chi connectivity index (χ2n) is 3.68. The molecule has 2 aromatic carbocycles. The lowest BCUT2D eigenvalue weighted by molar-refractivity contribution is 0.929. The van der Waals surface area contributed by atoms with Gasteiger partial charge in [-0.05, 0) is 17.7 Å². The average molecular weight is 306 g/mol. The van der Waals surface area contributed by atoms with Gasteiger partial charge < -0.3 is 5.32 Å². The molecule has 0 amide bonds. The largest absolute Gasteiger partial charge is 0.372 e. The highest BCUT2D eigenvalue weighted by Gasteiger charge is 2.00. The minimum Gasteiger partial charge on any atom is -0.372 e. The van der Waals surface area contributed by atoms with Gasteiger partial charge in [-0.2, -0.15) is 0 Å². The van der Waals surface area contributed by atoms with Gasteiger partial charge in [0, 0.05) is 16.6 Å². The van der Waals surface area contributed by atoms with Crippen molar-refractivity contribution in [2.45, 2.75) is 6.54 Å². The van der Waals surface area contributed by atoms with Crippen LogP contribution in [0.15, 0.2) is 59.1 Å². The van der Waals surface area contributed by atoms with E-state index >= 15 is 0 Å². The van der Waals surface area contributed by atoms with Gasteiger partial charge in [-0.3, -0.25) is 0 Å². The Labute approximate surface area is 115 Å². The van der Waals surface area contributed by atoms with Crippen LogP contribution in [-0.4, -0.2) is 4.99 Å². The van der Waals surface area contributed by atoms with Crippen LogP contribution in [0.4, 0.5) is 0 Å². The maximum Gasteiger partial charge on any atom is 0.106 e. The summed E-state index contributed by atoms with van der Waals surface area (Å²) >= 11 is 8.74. The number of nitrogens with one attached hydrogen (secondary N) is 1. The molecule has 0 saturated carbocycles. The molecule has 2 rings (SSSR count). The topological polar surface area (TPSA) is 12.0 Å². The van der Waals surface area contributed by atoms with E-state index in [0.29, 0.717) is 0 Å². The molecule has 17 heavy (non-hydrogen) atoms. The molecule has 86 valence electrons. The molecule has 0 saturated heterocycles. The summed E-state index contributed by atoms with van der Waals surface area (Å²) in [5.41, 5.74) is 2.27. The summed E-state index contributed by atoms with van der Waals surface area (Å²) in [6, 6.07) is 18.2. The number of thiocarbonyl (C=S) groups is 1. The van der Waals surface area contributed by atoms with E-state index in [1.54, 1.807) is 0 Å². The van der Waals surface area contributed by atoms with Crippen molar-refractivity contribution in [3.8, 4) is 0 Å². The maximum absolute atomic E-state index is 5.34. The van der Waals surface area contributed by atoms with E-state index in [-0.39, 0.29) is 0 Å². The number of benzene rings is 2. The van der Waals surface area contributed by atoms with Gasteiger partial charge in [0.1, 0.15) is 4.99 Å². The third kappa shape index (κ3) is 3.65. The van der Waals surface area contributed by atoms with Gasteiger partial charge in [0.05, 0.1) is 0 Å². The highest BCUT2D eigenvalue weighted by molar-refractivity contribution is 9.10. The first-order chi connectivity index (χ1) is 8.25. The third-order valence-electron chi connectivity index (χ3n) is 2.40. The van der Waals surface area contributed by atoms with Crippen LogP contribution >= 0.6 is 28.1 Å². The summed E-state index contributed by atoms with van der Waals surface area (Å²) in [7, 11) is 0. The Morgan fingerprint density at radius 1 is 1.00 bits per heavy atom. The normalized spacial score (nSPS) is 9.94. The van der Waals surface area contributed by atoms with Crippen LogP contribution in [0.1, 0.15) is 11.1 Å². The molecule has 0 unspecified atom stereocenters. The van der Waals surface area contributed by atoms with Gasteiger partial charge in [0.25, 0.3) is 0 Å². The van der Waals surface area contributed by atoms with Crippen molar-refractivity contribution >= 4 is 33.1 Å². The summed E-state index contributed by atoms with van der Waals surface area (Å²) in [6.45, 7) is 0.760. The molecule has 0 radical (unpaired) electrons. The number of rotatable bonds is 3. The third-order valence-corrected chi connectivity index (χ3v) is 3.31. The minimum atomic E-state index is 0.760. The molecule has 0 aromatic heterocycles. The Morgan fingerprint density at radius 2 is 1.65 bits per heavy atom.